The molecule has 1 aromatic heterocycles. The maximum atomic E-state index is 13.3. The number of amides is 2. The highest BCUT2D eigenvalue weighted by Crippen LogP contribution is 2.41. The number of hydrogen-bond acceptors (Lipinski definition) is 3. The second-order valence-corrected chi connectivity index (χ2v) is 9.28. The summed E-state index contributed by atoms with van der Waals surface area (Å²) in [6.07, 6.45) is 10.6. The Morgan fingerprint density at radius 2 is 1.96 bits per heavy atom. The molecular formula is C21H30N4O2. The standard InChI is InChI=1S/C21H30N4O2/c26-18-8-10-21(14-25(18)12-15-6-7-15)9-3-11-24(13-21)20(27)19-16-4-1-2-5-17(16)22-23-19/h15H,1-14H2,(H,22,23)/t21-/m0/s1. The summed E-state index contributed by atoms with van der Waals surface area (Å²) in [6, 6.07) is 0. The summed E-state index contributed by atoms with van der Waals surface area (Å²) in [5.41, 5.74) is 3.06. The van der Waals surface area contributed by atoms with Crippen LogP contribution < -0.4 is 0 Å². The van der Waals surface area contributed by atoms with Gasteiger partial charge in [-0.2, -0.15) is 5.10 Å². The molecule has 1 saturated carbocycles. The zero-order valence-electron chi connectivity index (χ0n) is 16.1. The minimum absolute atomic E-state index is 0.0904. The molecule has 1 aromatic rings. The number of aryl methyl sites for hydroxylation is 1. The maximum Gasteiger partial charge on any atom is 0.274 e. The van der Waals surface area contributed by atoms with Crippen molar-refractivity contribution in [1.29, 1.82) is 0 Å². The Labute approximate surface area is 160 Å². The van der Waals surface area contributed by atoms with Gasteiger partial charge >= 0.3 is 0 Å². The highest BCUT2D eigenvalue weighted by molar-refractivity contribution is 5.94. The largest absolute Gasteiger partial charge is 0.342 e. The first kappa shape index (κ1) is 17.3. The van der Waals surface area contributed by atoms with Gasteiger partial charge in [0.2, 0.25) is 5.91 Å². The van der Waals surface area contributed by atoms with Crippen LogP contribution in [-0.4, -0.2) is 58.0 Å². The number of rotatable bonds is 3. The lowest BCUT2D eigenvalue weighted by Gasteiger charge is -2.48. The number of fused-ring (bicyclic) bond motifs is 1. The number of likely N-dealkylation sites (tertiary alicyclic amines) is 2. The molecule has 5 rings (SSSR count). The van der Waals surface area contributed by atoms with Gasteiger partial charge in [-0.05, 0) is 63.7 Å². The first-order valence-corrected chi connectivity index (χ1v) is 10.8. The molecule has 6 nitrogen and oxygen atoms in total. The predicted molar refractivity (Wildman–Crippen MR) is 101 cm³/mol. The number of aromatic amines is 1. The van der Waals surface area contributed by atoms with E-state index in [1.807, 2.05) is 4.90 Å². The van der Waals surface area contributed by atoms with E-state index in [4.69, 9.17) is 0 Å². The van der Waals surface area contributed by atoms with Gasteiger partial charge in [0.15, 0.2) is 5.69 Å². The molecule has 4 aliphatic rings. The summed E-state index contributed by atoms with van der Waals surface area (Å²) < 4.78 is 0. The number of nitrogens with one attached hydrogen (secondary N) is 1. The minimum atomic E-state index is 0.0904. The quantitative estimate of drug-likeness (QED) is 0.889. The molecule has 2 aliphatic carbocycles. The number of carbonyl (C=O) groups excluding carboxylic acids is 2. The second kappa shape index (κ2) is 6.64. The molecule has 0 bridgehead atoms. The van der Waals surface area contributed by atoms with Crippen LogP contribution in [0.15, 0.2) is 0 Å². The number of hydrogen-bond donors (Lipinski definition) is 1. The molecule has 2 saturated heterocycles. The number of H-pyrrole nitrogens is 1. The average molecular weight is 370 g/mol. The molecule has 0 unspecified atom stereocenters. The summed E-state index contributed by atoms with van der Waals surface area (Å²) >= 11 is 0. The van der Waals surface area contributed by atoms with E-state index in [2.05, 4.69) is 15.1 Å². The first-order valence-electron chi connectivity index (χ1n) is 10.8. The van der Waals surface area contributed by atoms with Crippen molar-refractivity contribution in [2.24, 2.45) is 11.3 Å². The lowest BCUT2D eigenvalue weighted by molar-refractivity contribution is -0.139. The SMILES string of the molecule is O=C1CC[C@]2(CCCN(C(=O)c3n[nH]c4c3CCCC4)C2)CN1CC1CC1. The van der Waals surface area contributed by atoms with Crippen molar-refractivity contribution in [2.45, 2.75) is 64.2 Å². The third kappa shape index (κ3) is 3.27. The fourth-order valence-electron chi connectivity index (χ4n) is 5.40. The van der Waals surface area contributed by atoms with Crippen molar-refractivity contribution in [3.8, 4) is 0 Å². The van der Waals surface area contributed by atoms with Crippen LogP contribution >= 0.6 is 0 Å². The van der Waals surface area contributed by atoms with Crippen molar-refractivity contribution >= 4 is 11.8 Å². The van der Waals surface area contributed by atoms with Crippen LogP contribution in [0, 0.1) is 11.3 Å². The molecule has 2 aliphatic heterocycles. The summed E-state index contributed by atoms with van der Waals surface area (Å²) in [5, 5.41) is 7.51. The van der Waals surface area contributed by atoms with E-state index in [0.29, 0.717) is 18.0 Å². The lowest BCUT2D eigenvalue weighted by atomic mass is 9.73. The van der Waals surface area contributed by atoms with Crippen LogP contribution in [0.4, 0.5) is 0 Å². The Bertz CT molecular complexity index is 753. The Balaban J connectivity index is 1.32. The van der Waals surface area contributed by atoms with E-state index in [0.717, 1.165) is 81.9 Å². The van der Waals surface area contributed by atoms with Gasteiger partial charge in [-0.15, -0.1) is 0 Å². The van der Waals surface area contributed by atoms with Crippen molar-refractivity contribution < 1.29 is 9.59 Å². The zero-order chi connectivity index (χ0) is 18.4. The number of nitrogens with zero attached hydrogens (tertiary/aromatic N) is 3. The van der Waals surface area contributed by atoms with Crippen LogP contribution in [0.2, 0.25) is 0 Å². The second-order valence-electron chi connectivity index (χ2n) is 9.28. The monoisotopic (exact) mass is 370 g/mol. The fourth-order valence-corrected chi connectivity index (χ4v) is 5.40. The molecule has 3 fully saturated rings. The van der Waals surface area contributed by atoms with Gasteiger partial charge in [0, 0.05) is 49.3 Å². The van der Waals surface area contributed by atoms with Crippen LogP contribution in [0.3, 0.4) is 0 Å². The van der Waals surface area contributed by atoms with Crippen LogP contribution in [0.1, 0.15) is 73.1 Å². The van der Waals surface area contributed by atoms with Gasteiger partial charge in [0.25, 0.3) is 5.91 Å². The number of aromatic nitrogens is 2. The van der Waals surface area contributed by atoms with Gasteiger partial charge < -0.3 is 9.80 Å². The maximum absolute atomic E-state index is 13.3. The Morgan fingerprint density at radius 3 is 2.81 bits per heavy atom. The van der Waals surface area contributed by atoms with Crippen LogP contribution in [-0.2, 0) is 17.6 Å². The highest BCUT2D eigenvalue weighted by atomic mass is 16.2. The molecule has 1 spiro atoms. The van der Waals surface area contributed by atoms with Gasteiger partial charge in [-0.1, -0.05) is 0 Å². The van der Waals surface area contributed by atoms with Gasteiger partial charge in [0.05, 0.1) is 0 Å². The zero-order valence-corrected chi connectivity index (χ0v) is 16.1. The van der Waals surface area contributed by atoms with Crippen molar-refractivity contribution in [3.63, 3.8) is 0 Å². The third-order valence-corrected chi connectivity index (χ3v) is 7.13. The molecular weight excluding hydrogens is 340 g/mol. The van der Waals surface area contributed by atoms with Gasteiger partial charge in [-0.3, -0.25) is 14.7 Å². The molecule has 0 radical (unpaired) electrons. The van der Waals surface area contributed by atoms with Crippen LogP contribution in [0.5, 0.6) is 0 Å². The number of piperidine rings is 2. The fraction of sp³-hybridized carbons (Fsp3) is 0.762. The Hall–Kier alpha value is -1.85. The van der Waals surface area contributed by atoms with Crippen molar-refractivity contribution in [3.05, 3.63) is 17.0 Å². The van der Waals surface area contributed by atoms with E-state index >= 15 is 0 Å². The number of carbonyl (C=O) groups is 2. The minimum Gasteiger partial charge on any atom is -0.342 e. The molecule has 6 heteroatoms. The van der Waals surface area contributed by atoms with E-state index in [-0.39, 0.29) is 11.3 Å². The molecule has 27 heavy (non-hydrogen) atoms. The van der Waals surface area contributed by atoms with Crippen molar-refractivity contribution in [2.75, 3.05) is 26.2 Å². The summed E-state index contributed by atoms with van der Waals surface area (Å²) in [5.74, 6) is 1.14. The first-order chi connectivity index (χ1) is 13.1. The normalized spacial score (nSPS) is 28.5. The molecule has 1 atom stereocenters. The topological polar surface area (TPSA) is 69.3 Å². The van der Waals surface area contributed by atoms with E-state index in [1.54, 1.807) is 0 Å². The van der Waals surface area contributed by atoms with Crippen LogP contribution in [0.25, 0.3) is 0 Å². The third-order valence-electron chi connectivity index (χ3n) is 7.13. The smallest absolute Gasteiger partial charge is 0.274 e. The predicted octanol–water partition coefficient (Wildman–Crippen LogP) is 2.54. The summed E-state index contributed by atoms with van der Waals surface area (Å²) in [6.45, 7) is 3.37. The van der Waals surface area contributed by atoms with Crippen molar-refractivity contribution in [1.82, 2.24) is 20.0 Å². The van der Waals surface area contributed by atoms with E-state index in [1.165, 1.54) is 19.3 Å². The van der Waals surface area contributed by atoms with Gasteiger partial charge in [0.1, 0.15) is 0 Å². The van der Waals surface area contributed by atoms with Gasteiger partial charge in [-0.25, -0.2) is 0 Å². The Kier molecular flexibility index (Phi) is 4.25. The molecule has 0 aromatic carbocycles. The Morgan fingerprint density at radius 1 is 1.11 bits per heavy atom. The molecule has 2 amide bonds. The highest BCUT2D eigenvalue weighted by Gasteiger charge is 2.44. The van der Waals surface area contributed by atoms with E-state index in [9.17, 15) is 9.59 Å². The molecule has 146 valence electrons. The molecule has 3 heterocycles. The lowest BCUT2D eigenvalue weighted by Crippen LogP contribution is -2.55. The average Bonchev–Trinajstić information content (AvgIpc) is 3.40. The summed E-state index contributed by atoms with van der Waals surface area (Å²) in [7, 11) is 0. The summed E-state index contributed by atoms with van der Waals surface area (Å²) in [4.78, 5) is 29.8. The molecule has 1 N–H and O–H groups in total. The van der Waals surface area contributed by atoms with E-state index < -0.39 is 0 Å².